The van der Waals surface area contributed by atoms with Crippen LogP contribution in [0.25, 0.3) is 0 Å². The van der Waals surface area contributed by atoms with Crippen molar-refractivity contribution in [3.63, 3.8) is 0 Å². The van der Waals surface area contributed by atoms with Crippen LogP contribution in [-0.4, -0.2) is 27.7 Å². The van der Waals surface area contributed by atoms with Crippen molar-refractivity contribution in [2.45, 2.75) is 6.54 Å². The molecule has 1 amide bonds. The quantitative estimate of drug-likeness (QED) is 0.835. The zero-order valence-corrected chi connectivity index (χ0v) is 10.3. The van der Waals surface area contributed by atoms with Gasteiger partial charge in [-0.25, -0.2) is 4.98 Å². The summed E-state index contributed by atoms with van der Waals surface area (Å²) in [6.45, 7) is 0.462. The molecule has 18 heavy (non-hydrogen) atoms. The zero-order valence-electron chi connectivity index (χ0n) is 10.3. The van der Waals surface area contributed by atoms with Gasteiger partial charge < -0.3 is 10.6 Å². The average molecular weight is 245 g/mol. The maximum absolute atomic E-state index is 11.9. The number of aromatic nitrogens is 3. The predicted octanol–water partition coefficient (Wildman–Crippen LogP) is 0.787. The standard InChI is InChI=1S/C12H15N5O/c1-13-11-5-10(3-4-14-11)12(18)15-6-9-7-16-17(2)8-9/h3-5,7-8H,6H2,1-2H3,(H,13,14)(H,15,18). The highest BCUT2D eigenvalue weighted by Crippen LogP contribution is 2.06. The summed E-state index contributed by atoms with van der Waals surface area (Å²) in [6, 6.07) is 3.39. The van der Waals surface area contributed by atoms with Crippen molar-refractivity contribution in [3.05, 3.63) is 41.9 Å². The Morgan fingerprint density at radius 3 is 3.00 bits per heavy atom. The number of aryl methyl sites for hydroxylation is 1. The van der Waals surface area contributed by atoms with E-state index in [1.54, 1.807) is 36.3 Å². The van der Waals surface area contributed by atoms with Gasteiger partial charge in [-0.3, -0.25) is 9.48 Å². The molecular formula is C12H15N5O. The van der Waals surface area contributed by atoms with Crippen LogP contribution in [0.15, 0.2) is 30.7 Å². The lowest BCUT2D eigenvalue weighted by molar-refractivity contribution is 0.0951. The van der Waals surface area contributed by atoms with E-state index < -0.39 is 0 Å². The Labute approximate surface area is 105 Å². The number of amides is 1. The van der Waals surface area contributed by atoms with Gasteiger partial charge in [0, 0.05) is 44.2 Å². The van der Waals surface area contributed by atoms with Crippen LogP contribution in [0.1, 0.15) is 15.9 Å². The topological polar surface area (TPSA) is 71.8 Å². The fraction of sp³-hybridized carbons (Fsp3) is 0.250. The van der Waals surface area contributed by atoms with Gasteiger partial charge >= 0.3 is 0 Å². The lowest BCUT2D eigenvalue weighted by Gasteiger charge is -2.05. The highest BCUT2D eigenvalue weighted by molar-refractivity contribution is 5.94. The SMILES string of the molecule is CNc1cc(C(=O)NCc2cnn(C)c2)ccn1. The fourth-order valence-corrected chi connectivity index (χ4v) is 1.56. The van der Waals surface area contributed by atoms with Gasteiger partial charge in [0.1, 0.15) is 5.82 Å². The second-order valence-electron chi connectivity index (χ2n) is 3.88. The first kappa shape index (κ1) is 12.1. The van der Waals surface area contributed by atoms with Gasteiger partial charge in [-0.15, -0.1) is 0 Å². The van der Waals surface area contributed by atoms with Crippen molar-refractivity contribution in [2.24, 2.45) is 7.05 Å². The highest BCUT2D eigenvalue weighted by atomic mass is 16.1. The van der Waals surface area contributed by atoms with Gasteiger partial charge in [0.15, 0.2) is 0 Å². The van der Waals surface area contributed by atoms with Crippen molar-refractivity contribution < 1.29 is 4.79 Å². The van der Waals surface area contributed by atoms with Gasteiger partial charge in [-0.2, -0.15) is 5.10 Å². The number of carbonyl (C=O) groups excluding carboxylic acids is 1. The Bertz CT molecular complexity index is 549. The molecule has 0 spiro atoms. The van der Waals surface area contributed by atoms with Gasteiger partial charge in [-0.1, -0.05) is 0 Å². The first-order chi connectivity index (χ1) is 8.69. The maximum Gasteiger partial charge on any atom is 0.251 e. The van der Waals surface area contributed by atoms with Crippen molar-refractivity contribution in [1.82, 2.24) is 20.1 Å². The summed E-state index contributed by atoms with van der Waals surface area (Å²) in [5, 5.41) is 9.77. The minimum atomic E-state index is -0.127. The highest BCUT2D eigenvalue weighted by Gasteiger charge is 2.06. The molecule has 0 radical (unpaired) electrons. The molecule has 0 saturated carbocycles. The molecule has 6 heteroatoms. The largest absolute Gasteiger partial charge is 0.373 e. The Kier molecular flexibility index (Phi) is 3.57. The molecule has 0 unspecified atom stereocenters. The normalized spacial score (nSPS) is 10.1. The second-order valence-corrected chi connectivity index (χ2v) is 3.88. The van der Waals surface area contributed by atoms with Crippen LogP contribution in [0.5, 0.6) is 0 Å². The smallest absolute Gasteiger partial charge is 0.251 e. The summed E-state index contributed by atoms with van der Waals surface area (Å²) in [4.78, 5) is 16.0. The van der Waals surface area contributed by atoms with Crippen molar-refractivity contribution in [2.75, 3.05) is 12.4 Å². The van der Waals surface area contributed by atoms with E-state index in [1.807, 2.05) is 13.2 Å². The molecule has 0 fully saturated rings. The van der Waals surface area contributed by atoms with Gasteiger partial charge in [-0.05, 0) is 12.1 Å². The van der Waals surface area contributed by atoms with E-state index in [-0.39, 0.29) is 5.91 Å². The number of pyridine rings is 1. The molecular weight excluding hydrogens is 230 g/mol. The lowest BCUT2D eigenvalue weighted by Crippen LogP contribution is -2.22. The van der Waals surface area contributed by atoms with Gasteiger partial charge in [0.2, 0.25) is 0 Å². The van der Waals surface area contributed by atoms with Crippen LogP contribution in [0.2, 0.25) is 0 Å². The van der Waals surface area contributed by atoms with Crippen molar-refractivity contribution in [1.29, 1.82) is 0 Å². The third kappa shape index (κ3) is 2.85. The Balaban J connectivity index is 1.99. The van der Waals surface area contributed by atoms with E-state index in [0.29, 0.717) is 17.9 Å². The number of nitrogens with zero attached hydrogens (tertiary/aromatic N) is 3. The molecule has 0 saturated heterocycles. The molecule has 0 aliphatic carbocycles. The maximum atomic E-state index is 11.9. The summed E-state index contributed by atoms with van der Waals surface area (Å²) < 4.78 is 1.70. The van der Waals surface area contributed by atoms with E-state index in [2.05, 4.69) is 20.7 Å². The van der Waals surface area contributed by atoms with Crippen LogP contribution in [0.3, 0.4) is 0 Å². The summed E-state index contributed by atoms with van der Waals surface area (Å²) in [7, 11) is 3.60. The third-order valence-corrected chi connectivity index (χ3v) is 2.49. The Morgan fingerprint density at radius 2 is 2.33 bits per heavy atom. The summed E-state index contributed by atoms with van der Waals surface area (Å²) >= 11 is 0. The van der Waals surface area contributed by atoms with Crippen molar-refractivity contribution in [3.8, 4) is 0 Å². The molecule has 2 aromatic rings. The molecule has 2 N–H and O–H groups in total. The lowest BCUT2D eigenvalue weighted by atomic mass is 10.2. The molecule has 94 valence electrons. The number of carbonyl (C=O) groups is 1. The second kappa shape index (κ2) is 5.31. The minimum absolute atomic E-state index is 0.127. The van der Waals surface area contributed by atoms with Crippen LogP contribution in [-0.2, 0) is 13.6 Å². The number of hydrogen-bond donors (Lipinski definition) is 2. The van der Waals surface area contributed by atoms with Crippen molar-refractivity contribution >= 4 is 11.7 Å². The number of nitrogens with one attached hydrogen (secondary N) is 2. The molecule has 2 heterocycles. The number of hydrogen-bond acceptors (Lipinski definition) is 4. The summed E-state index contributed by atoms with van der Waals surface area (Å²) in [5.41, 5.74) is 1.55. The molecule has 6 nitrogen and oxygen atoms in total. The first-order valence-electron chi connectivity index (χ1n) is 5.58. The molecule has 2 rings (SSSR count). The number of anilines is 1. The molecule has 0 aliphatic rings. The van der Waals surface area contributed by atoms with E-state index in [1.165, 1.54) is 0 Å². The van der Waals surface area contributed by atoms with Crippen LogP contribution < -0.4 is 10.6 Å². The van der Waals surface area contributed by atoms with Crippen LogP contribution >= 0.6 is 0 Å². The van der Waals surface area contributed by atoms with Crippen LogP contribution in [0.4, 0.5) is 5.82 Å². The Morgan fingerprint density at radius 1 is 1.50 bits per heavy atom. The van der Waals surface area contributed by atoms with E-state index in [0.717, 1.165) is 5.56 Å². The monoisotopic (exact) mass is 245 g/mol. The first-order valence-corrected chi connectivity index (χ1v) is 5.58. The molecule has 0 aromatic carbocycles. The van der Waals surface area contributed by atoms with E-state index in [4.69, 9.17) is 0 Å². The molecule has 2 aromatic heterocycles. The fourth-order valence-electron chi connectivity index (χ4n) is 1.56. The molecule has 0 atom stereocenters. The average Bonchev–Trinajstić information content (AvgIpc) is 2.82. The predicted molar refractivity (Wildman–Crippen MR) is 68.2 cm³/mol. The van der Waals surface area contributed by atoms with Gasteiger partial charge in [0.05, 0.1) is 6.20 Å². The van der Waals surface area contributed by atoms with E-state index >= 15 is 0 Å². The zero-order chi connectivity index (χ0) is 13.0. The molecule has 0 bridgehead atoms. The summed E-state index contributed by atoms with van der Waals surface area (Å²) in [6.07, 6.45) is 5.20. The minimum Gasteiger partial charge on any atom is -0.373 e. The summed E-state index contributed by atoms with van der Waals surface area (Å²) in [5.74, 6) is 0.543. The van der Waals surface area contributed by atoms with Gasteiger partial charge in [0.25, 0.3) is 5.91 Å². The van der Waals surface area contributed by atoms with E-state index in [9.17, 15) is 4.79 Å². The van der Waals surface area contributed by atoms with Crippen LogP contribution in [0, 0.1) is 0 Å². The third-order valence-electron chi connectivity index (χ3n) is 2.49. The Hall–Kier alpha value is -2.37. The number of rotatable bonds is 4. The molecule has 0 aliphatic heterocycles.